The van der Waals surface area contributed by atoms with E-state index in [1.165, 1.54) is 0 Å². The topological polar surface area (TPSA) is 116 Å². The summed E-state index contributed by atoms with van der Waals surface area (Å²) in [7, 11) is 0. The van der Waals surface area contributed by atoms with Crippen molar-refractivity contribution in [1.82, 2.24) is 15.1 Å². The Morgan fingerprint density at radius 1 is 1.12 bits per heavy atom. The third-order valence-corrected chi connectivity index (χ3v) is 6.07. The number of carboxylic acids is 1. The average Bonchev–Trinajstić information content (AvgIpc) is 2.75. The average molecular weight is 464 g/mol. The number of amides is 3. The normalized spacial score (nSPS) is 20.5. The van der Waals surface area contributed by atoms with Crippen LogP contribution in [0.4, 0.5) is 4.79 Å². The first-order valence-electron chi connectivity index (χ1n) is 11.7. The molecule has 0 aromatic rings. The van der Waals surface area contributed by atoms with Crippen molar-refractivity contribution in [2.45, 2.75) is 77.4 Å². The Morgan fingerprint density at radius 3 is 2.36 bits per heavy atom. The monoisotopic (exact) mass is 463 g/mol. The number of ether oxygens (including phenoxy) is 1. The van der Waals surface area contributed by atoms with Crippen LogP contribution < -0.4 is 5.32 Å². The number of carbonyl (C=O) groups is 4. The standard InChI is InChI=1S/C24H37N3O6/c1-5-19(15-21(29)30)25-22(31)18-7-6-12-27(16-18)20(28)9-8-17-10-13-26(14-11-17)23(32)33-24(2,3)4/h1,17-19H,6-16H2,2-4H3,(H,25,31)(H,29,30)/t18-,19?/m1/s1. The SMILES string of the molecule is C#CC(CC(=O)O)NC(=O)[C@@H]1CCCN(C(=O)CCC2CCN(C(=O)OC(C)(C)C)CC2)C1. The van der Waals surface area contributed by atoms with Crippen molar-refractivity contribution in [3.8, 4) is 12.3 Å². The second-order valence-electron chi connectivity index (χ2n) is 9.95. The fraction of sp³-hybridized carbons (Fsp3) is 0.750. The van der Waals surface area contributed by atoms with Gasteiger partial charge in [-0.3, -0.25) is 14.4 Å². The molecule has 2 aliphatic rings. The van der Waals surface area contributed by atoms with Gasteiger partial charge in [-0.1, -0.05) is 5.92 Å². The summed E-state index contributed by atoms with van der Waals surface area (Å²) in [6, 6.07) is -0.854. The number of piperidine rings is 2. The number of rotatable bonds is 7. The molecule has 33 heavy (non-hydrogen) atoms. The predicted octanol–water partition coefficient (Wildman–Crippen LogP) is 2.24. The van der Waals surface area contributed by atoms with E-state index in [0.717, 1.165) is 25.7 Å². The molecule has 9 nitrogen and oxygen atoms in total. The zero-order valence-electron chi connectivity index (χ0n) is 20.0. The maximum atomic E-state index is 12.8. The summed E-state index contributed by atoms with van der Waals surface area (Å²) in [5, 5.41) is 11.5. The van der Waals surface area contributed by atoms with Crippen molar-refractivity contribution in [1.29, 1.82) is 0 Å². The summed E-state index contributed by atoms with van der Waals surface area (Å²) < 4.78 is 5.42. The van der Waals surface area contributed by atoms with Crippen LogP contribution in [0, 0.1) is 24.2 Å². The van der Waals surface area contributed by atoms with Gasteiger partial charge in [0.25, 0.3) is 0 Å². The highest BCUT2D eigenvalue weighted by atomic mass is 16.6. The molecule has 2 heterocycles. The largest absolute Gasteiger partial charge is 0.481 e. The first-order valence-corrected chi connectivity index (χ1v) is 11.7. The Labute approximate surface area is 196 Å². The van der Waals surface area contributed by atoms with Gasteiger partial charge in [0, 0.05) is 32.6 Å². The Hall–Kier alpha value is -2.76. The van der Waals surface area contributed by atoms with Gasteiger partial charge in [-0.05, 0) is 58.8 Å². The molecule has 2 saturated heterocycles. The van der Waals surface area contributed by atoms with Gasteiger partial charge in [0.15, 0.2) is 0 Å². The van der Waals surface area contributed by atoms with Gasteiger partial charge >= 0.3 is 12.1 Å². The van der Waals surface area contributed by atoms with Gasteiger partial charge < -0.3 is 25.0 Å². The summed E-state index contributed by atoms with van der Waals surface area (Å²) in [6.45, 7) is 7.75. The third-order valence-electron chi connectivity index (χ3n) is 6.07. The van der Waals surface area contributed by atoms with Crippen molar-refractivity contribution in [2.75, 3.05) is 26.2 Å². The molecule has 0 bridgehead atoms. The highest BCUT2D eigenvalue weighted by Crippen LogP contribution is 2.25. The fourth-order valence-electron chi connectivity index (χ4n) is 4.25. The van der Waals surface area contributed by atoms with Crippen molar-refractivity contribution in [2.24, 2.45) is 11.8 Å². The molecule has 2 N–H and O–H groups in total. The number of terminal acetylenes is 1. The maximum absolute atomic E-state index is 12.8. The van der Waals surface area contributed by atoms with Gasteiger partial charge in [-0.15, -0.1) is 6.42 Å². The minimum Gasteiger partial charge on any atom is -0.481 e. The van der Waals surface area contributed by atoms with Crippen molar-refractivity contribution < 1.29 is 29.0 Å². The molecule has 0 aromatic carbocycles. The molecule has 184 valence electrons. The lowest BCUT2D eigenvalue weighted by Crippen LogP contribution is -2.47. The molecular formula is C24H37N3O6. The van der Waals surface area contributed by atoms with Crippen LogP contribution in [0.1, 0.15) is 65.7 Å². The first kappa shape index (κ1) is 26.5. The number of hydrogen-bond acceptors (Lipinski definition) is 5. The van der Waals surface area contributed by atoms with Crippen LogP contribution >= 0.6 is 0 Å². The number of carboxylic acid groups (broad SMARTS) is 1. The van der Waals surface area contributed by atoms with Crippen molar-refractivity contribution in [3.05, 3.63) is 0 Å². The predicted molar refractivity (Wildman–Crippen MR) is 122 cm³/mol. The molecule has 2 rings (SSSR count). The molecule has 1 unspecified atom stereocenters. The lowest BCUT2D eigenvalue weighted by atomic mass is 9.91. The van der Waals surface area contributed by atoms with Gasteiger partial charge in [-0.25, -0.2) is 4.79 Å². The van der Waals surface area contributed by atoms with Gasteiger partial charge in [0.1, 0.15) is 11.6 Å². The molecule has 2 fully saturated rings. The van der Waals surface area contributed by atoms with E-state index in [4.69, 9.17) is 16.3 Å². The smallest absolute Gasteiger partial charge is 0.410 e. The number of likely N-dealkylation sites (tertiary alicyclic amines) is 2. The molecule has 2 atom stereocenters. The highest BCUT2D eigenvalue weighted by molar-refractivity contribution is 5.82. The van der Waals surface area contributed by atoms with Crippen LogP contribution in [0.5, 0.6) is 0 Å². The van der Waals surface area contributed by atoms with Crippen molar-refractivity contribution in [3.63, 3.8) is 0 Å². The van der Waals surface area contributed by atoms with Crippen molar-refractivity contribution >= 4 is 23.9 Å². The minimum absolute atomic E-state index is 0.0288. The summed E-state index contributed by atoms with van der Waals surface area (Å²) in [6.07, 6.45) is 8.92. The van der Waals surface area contributed by atoms with Crippen LogP contribution in [-0.4, -0.2) is 76.6 Å². The Kier molecular flexibility index (Phi) is 9.56. The number of carbonyl (C=O) groups excluding carboxylic acids is 3. The van der Waals surface area contributed by atoms with Crippen LogP contribution in [0.25, 0.3) is 0 Å². The minimum atomic E-state index is -1.07. The zero-order chi connectivity index (χ0) is 24.6. The lowest BCUT2D eigenvalue weighted by Gasteiger charge is -2.34. The summed E-state index contributed by atoms with van der Waals surface area (Å²) >= 11 is 0. The van der Waals surface area contributed by atoms with E-state index in [-0.39, 0.29) is 30.2 Å². The number of aliphatic carboxylic acids is 1. The van der Waals surface area contributed by atoms with E-state index in [1.807, 2.05) is 20.8 Å². The molecule has 0 saturated carbocycles. The summed E-state index contributed by atoms with van der Waals surface area (Å²) in [4.78, 5) is 51.8. The molecule has 0 aromatic heterocycles. The van der Waals surface area contributed by atoms with E-state index in [2.05, 4.69) is 11.2 Å². The second kappa shape index (κ2) is 11.9. The van der Waals surface area contributed by atoms with Crippen LogP contribution in [0.3, 0.4) is 0 Å². The molecular weight excluding hydrogens is 426 g/mol. The number of nitrogens with zero attached hydrogens (tertiary/aromatic N) is 2. The molecule has 0 spiro atoms. The molecule has 3 amide bonds. The van der Waals surface area contributed by atoms with Gasteiger partial charge in [0.05, 0.1) is 12.3 Å². The Morgan fingerprint density at radius 2 is 1.79 bits per heavy atom. The highest BCUT2D eigenvalue weighted by Gasteiger charge is 2.31. The van der Waals surface area contributed by atoms with E-state index in [9.17, 15) is 19.2 Å². The van der Waals surface area contributed by atoms with Crippen LogP contribution in [0.2, 0.25) is 0 Å². The summed E-state index contributed by atoms with van der Waals surface area (Å²) in [5.41, 5.74) is -0.512. The number of nitrogens with one attached hydrogen (secondary N) is 1. The quantitative estimate of drug-likeness (QED) is 0.560. The molecule has 9 heteroatoms. The Balaban J connectivity index is 1.75. The first-order chi connectivity index (χ1) is 15.5. The second-order valence-corrected chi connectivity index (χ2v) is 9.95. The van der Waals surface area contributed by atoms with Gasteiger partial charge in [0.2, 0.25) is 11.8 Å². The van der Waals surface area contributed by atoms with E-state index in [1.54, 1.807) is 9.80 Å². The lowest BCUT2D eigenvalue weighted by molar-refractivity contribution is -0.137. The number of hydrogen-bond donors (Lipinski definition) is 2. The molecule has 0 radical (unpaired) electrons. The summed E-state index contributed by atoms with van der Waals surface area (Å²) in [5.74, 6) is 0.939. The van der Waals surface area contributed by atoms with E-state index >= 15 is 0 Å². The van der Waals surface area contributed by atoms with Crippen LogP contribution in [-0.2, 0) is 19.1 Å². The van der Waals surface area contributed by atoms with E-state index in [0.29, 0.717) is 44.9 Å². The van der Waals surface area contributed by atoms with Gasteiger partial charge in [-0.2, -0.15) is 0 Å². The van der Waals surface area contributed by atoms with E-state index < -0.39 is 17.6 Å². The van der Waals surface area contributed by atoms with Crippen LogP contribution in [0.15, 0.2) is 0 Å². The molecule has 2 aliphatic heterocycles. The molecule has 0 aliphatic carbocycles. The third kappa shape index (κ3) is 8.95. The fourth-order valence-corrected chi connectivity index (χ4v) is 4.25. The zero-order valence-corrected chi connectivity index (χ0v) is 20.0. The maximum Gasteiger partial charge on any atom is 0.410 e. The Bertz CT molecular complexity index is 761.